The van der Waals surface area contributed by atoms with E-state index < -0.39 is 0 Å². The lowest BCUT2D eigenvalue weighted by atomic mass is 11.0. The Balaban J connectivity index is 3.56. The maximum Gasteiger partial charge on any atom is 0.123 e. The first-order valence-electron chi connectivity index (χ1n) is 2.32. The van der Waals surface area contributed by atoms with E-state index in [0.29, 0.717) is 0 Å². The fourth-order valence-electron chi connectivity index (χ4n) is 0.191. The molecule has 0 aliphatic rings. The summed E-state index contributed by atoms with van der Waals surface area (Å²) in [4.78, 5) is 8.33. The van der Waals surface area contributed by atoms with Crippen molar-refractivity contribution in [3.05, 3.63) is 11.7 Å². The topological polar surface area (TPSA) is 24.8 Å². The van der Waals surface area contributed by atoms with Crippen molar-refractivity contribution in [2.75, 3.05) is 14.2 Å². The Morgan fingerprint density at radius 1 is 1.89 bits per heavy atom. The number of nitrogens with zero attached hydrogens (tertiary/aromatic N) is 2. The van der Waals surface area contributed by atoms with Crippen LogP contribution in [0.1, 0.15) is 0 Å². The van der Waals surface area contributed by atoms with Crippen molar-refractivity contribution >= 4 is 17.9 Å². The van der Waals surface area contributed by atoms with Gasteiger partial charge in [-0.3, -0.25) is 4.84 Å². The number of aliphatic imine (C=N–C) groups is 1. The van der Waals surface area contributed by atoms with Gasteiger partial charge in [-0.05, 0) is 0 Å². The Hall–Kier alpha value is -0.540. The quantitative estimate of drug-likeness (QED) is 0.260. The molecule has 0 bridgehead atoms. The van der Waals surface area contributed by atoms with Gasteiger partial charge in [-0.15, -0.1) is 0 Å². The Morgan fingerprint density at radius 2 is 2.44 bits per heavy atom. The summed E-state index contributed by atoms with van der Waals surface area (Å²) in [6, 6.07) is 0. The molecule has 0 heterocycles. The number of halogens is 1. The minimum Gasteiger partial charge on any atom is -0.276 e. The van der Waals surface area contributed by atoms with Crippen LogP contribution in [0.4, 0.5) is 0 Å². The van der Waals surface area contributed by atoms with Crippen molar-refractivity contribution in [3.63, 3.8) is 0 Å². The van der Waals surface area contributed by atoms with E-state index in [0.717, 1.165) is 0 Å². The lowest BCUT2D eigenvalue weighted by molar-refractivity contribution is -0.0363. The van der Waals surface area contributed by atoms with E-state index in [-0.39, 0.29) is 5.16 Å². The molecule has 0 aromatic carbocycles. The predicted molar refractivity (Wildman–Crippen MR) is 38.3 cm³/mol. The molecule has 9 heavy (non-hydrogen) atoms. The van der Waals surface area contributed by atoms with Crippen molar-refractivity contribution in [3.8, 4) is 0 Å². The molecule has 0 N–H and O–H groups in total. The van der Waals surface area contributed by atoms with Crippen LogP contribution in [0.3, 0.4) is 0 Å². The van der Waals surface area contributed by atoms with Gasteiger partial charge in [-0.1, -0.05) is 18.2 Å². The van der Waals surface area contributed by atoms with Crippen LogP contribution in [-0.2, 0) is 4.84 Å². The number of rotatable bonds is 3. The second kappa shape index (κ2) is 4.35. The molecule has 0 amide bonds. The molecule has 0 aromatic heterocycles. The summed E-state index contributed by atoms with van der Waals surface area (Å²) in [6.45, 7) is 3.35. The molecule has 0 rings (SSSR count). The third kappa shape index (κ3) is 5.33. The zero-order valence-corrected chi connectivity index (χ0v) is 6.22. The molecular formula is C5H9ClN2O. The van der Waals surface area contributed by atoms with E-state index in [1.807, 2.05) is 0 Å². The molecule has 0 spiro atoms. The largest absolute Gasteiger partial charge is 0.276 e. The van der Waals surface area contributed by atoms with Crippen LogP contribution in [0.2, 0.25) is 0 Å². The molecule has 0 atom stereocenters. The summed E-state index contributed by atoms with van der Waals surface area (Å²) in [5.74, 6) is 0. The van der Waals surface area contributed by atoms with E-state index in [1.54, 1.807) is 7.05 Å². The average molecular weight is 149 g/mol. The Labute approximate surface area is 59.5 Å². The van der Waals surface area contributed by atoms with Crippen LogP contribution in [0.25, 0.3) is 0 Å². The molecule has 0 fully saturated rings. The van der Waals surface area contributed by atoms with Gasteiger partial charge in [0.15, 0.2) is 0 Å². The molecular weight excluding hydrogens is 140 g/mol. The van der Waals surface area contributed by atoms with Gasteiger partial charge in [0.05, 0.1) is 7.11 Å². The smallest absolute Gasteiger partial charge is 0.123 e. The minimum absolute atomic E-state index is 0.235. The minimum atomic E-state index is 0.235. The summed E-state index contributed by atoms with van der Waals surface area (Å²) in [5, 5.41) is 1.65. The molecule has 4 heteroatoms. The molecule has 3 nitrogen and oxygen atoms in total. The SMILES string of the molecule is C=C(Cl)/N=C\N(C)OC. The van der Waals surface area contributed by atoms with Gasteiger partial charge in [-0.25, -0.2) is 10.1 Å². The first kappa shape index (κ1) is 8.46. The van der Waals surface area contributed by atoms with E-state index >= 15 is 0 Å². The van der Waals surface area contributed by atoms with Gasteiger partial charge in [-0.2, -0.15) is 0 Å². The van der Waals surface area contributed by atoms with E-state index in [4.69, 9.17) is 11.6 Å². The second-order valence-corrected chi connectivity index (χ2v) is 1.79. The molecule has 0 saturated carbocycles. The second-order valence-electron chi connectivity index (χ2n) is 1.35. The van der Waals surface area contributed by atoms with Gasteiger partial charge in [0.1, 0.15) is 11.5 Å². The first-order valence-corrected chi connectivity index (χ1v) is 2.70. The van der Waals surface area contributed by atoms with Crippen LogP contribution >= 0.6 is 11.6 Å². The highest BCUT2D eigenvalue weighted by atomic mass is 35.5. The van der Waals surface area contributed by atoms with Gasteiger partial charge >= 0.3 is 0 Å². The predicted octanol–water partition coefficient (Wildman–Crippen LogP) is 1.22. The maximum atomic E-state index is 5.30. The fraction of sp³-hybridized carbons (Fsp3) is 0.400. The van der Waals surface area contributed by atoms with E-state index in [1.165, 1.54) is 18.5 Å². The lowest BCUT2D eigenvalue weighted by Crippen LogP contribution is -2.13. The molecule has 0 unspecified atom stereocenters. The molecule has 0 saturated heterocycles. The maximum absolute atomic E-state index is 5.30. The molecule has 0 aromatic rings. The summed E-state index contributed by atoms with van der Waals surface area (Å²) in [6.07, 6.45) is 1.43. The Morgan fingerprint density at radius 3 is 2.78 bits per heavy atom. The van der Waals surface area contributed by atoms with Crippen LogP contribution in [0, 0.1) is 0 Å². The van der Waals surface area contributed by atoms with Crippen molar-refractivity contribution in [2.45, 2.75) is 0 Å². The van der Waals surface area contributed by atoms with Crippen LogP contribution in [0.5, 0.6) is 0 Å². The summed E-state index contributed by atoms with van der Waals surface area (Å²) in [5.41, 5.74) is 0. The van der Waals surface area contributed by atoms with Gasteiger partial charge < -0.3 is 0 Å². The summed E-state index contributed by atoms with van der Waals surface area (Å²) in [7, 11) is 3.23. The zero-order chi connectivity index (χ0) is 7.28. The third-order valence-electron chi connectivity index (χ3n) is 0.648. The van der Waals surface area contributed by atoms with Gasteiger partial charge in [0.25, 0.3) is 0 Å². The Kier molecular flexibility index (Phi) is 4.09. The molecule has 0 radical (unpaired) electrons. The standard InChI is InChI=1S/C5H9ClN2O/c1-5(6)7-4-8(2)9-3/h4H,1H2,2-3H3/b7-4-. The molecule has 0 aliphatic heterocycles. The molecule has 0 aliphatic carbocycles. The highest BCUT2D eigenvalue weighted by Gasteiger charge is 1.83. The Bertz CT molecular complexity index is 124. The normalized spacial score (nSPS) is 10.1. The monoisotopic (exact) mass is 148 g/mol. The molecule has 52 valence electrons. The van der Waals surface area contributed by atoms with Crippen molar-refractivity contribution in [1.29, 1.82) is 0 Å². The zero-order valence-electron chi connectivity index (χ0n) is 5.47. The average Bonchev–Trinajstić information content (AvgIpc) is 1.83. The van der Waals surface area contributed by atoms with Crippen molar-refractivity contribution < 1.29 is 4.84 Å². The summed E-state index contributed by atoms with van der Waals surface area (Å²) < 4.78 is 0. The van der Waals surface area contributed by atoms with Crippen LogP contribution < -0.4 is 0 Å². The summed E-state index contributed by atoms with van der Waals surface area (Å²) >= 11 is 5.30. The van der Waals surface area contributed by atoms with Crippen molar-refractivity contribution in [1.82, 2.24) is 5.06 Å². The van der Waals surface area contributed by atoms with Crippen molar-refractivity contribution in [2.24, 2.45) is 4.99 Å². The third-order valence-corrected chi connectivity index (χ3v) is 0.746. The highest BCUT2D eigenvalue weighted by molar-refractivity contribution is 6.29. The first-order chi connectivity index (χ1) is 4.16. The van der Waals surface area contributed by atoms with Gasteiger partial charge in [0.2, 0.25) is 0 Å². The van der Waals surface area contributed by atoms with Crippen LogP contribution in [0.15, 0.2) is 16.7 Å². The fourth-order valence-corrected chi connectivity index (χ4v) is 0.235. The number of hydrogen-bond donors (Lipinski definition) is 0. The van der Waals surface area contributed by atoms with Crippen LogP contribution in [-0.4, -0.2) is 25.6 Å². The number of hydroxylamine groups is 2. The highest BCUT2D eigenvalue weighted by Crippen LogP contribution is 1.95. The van der Waals surface area contributed by atoms with E-state index in [2.05, 4.69) is 16.4 Å². The number of hydrogen-bond acceptors (Lipinski definition) is 2. The van der Waals surface area contributed by atoms with E-state index in [9.17, 15) is 0 Å². The van der Waals surface area contributed by atoms with Gasteiger partial charge in [0, 0.05) is 7.05 Å². The lowest BCUT2D eigenvalue weighted by Gasteiger charge is -2.06.